The van der Waals surface area contributed by atoms with Gasteiger partial charge < -0.3 is 9.47 Å². The van der Waals surface area contributed by atoms with Crippen LogP contribution in [-0.2, 0) is 10.8 Å². The molecule has 3 aliphatic carbocycles. The molecule has 12 aromatic rings. The highest BCUT2D eigenvalue weighted by molar-refractivity contribution is 7.26. The minimum Gasteiger partial charge on any atom is -0.310 e. The fourth-order valence-electron chi connectivity index (χ4n) is 12.9. The van der Waals surface area contributed by atoms with Crippen molar-refractivity contribution in [2.45, 2.75) is 24.7 Å². The van der Waals surface area contributed by atoms with Crippen molar-refractivity contribution >= 4 is 70.4 Å². The van der Waals surface area contributed by atoms with Gasteiger partial charge in [0, 0.05) is 59.0 Å². The lowest BCUT2D eigenvalue weighted by Crippen LogP contribution is -2.26. The van der Waals surface area contributed by atoms with Crippen molar-refractivity contribution in [1.29, 1.82) is 0 Å². The first-order valence-electron chi connectivity index (χ1n) is 23.4. The van der Waals surface area contributed by atoms with Crippen molar-refractivity contribution < 1.29 is 0 Å². The summed E-state index contributed by atoms with van der Waals surface area (Å²) in [5.74, 6) is 0. The Kier molecular flexibility index (Phi) is 7.41. The molecule has 0 N–H and O–H groups in total. The summed E-state index contributed by atoms with van der Waals surface area (Å²) in [7, 11) is 0. The van der Waals surface area contributed by atoms with Gasteiger partial charge in [-0.2, -0.15) is 0 Å². The van der Waals surface area contributed by atoms with Crippen LogP contribution in [0.15, 0.2) is 218 Å². The summed E-state index contributed by atoms with van der Waals surface area (Å²) in [6, 6.07) is 82.5. The van der Waals surface area contributed by atoms with Crippen LogP contribution in [0.5, 0.6) is 0 Å². The molecule has 3 heteroatoms. The van der Waals surface area contributed by atoms with Crippen LogP contribution in [0.1, 0.15) is 47.2 Å². The third-order valence-electron chi connectivity index (χ3n) is 15.6. The molecule has 0 aliphatic heterocycles. The Balaban J connectivity index is 1.04. The number of hydrogen-bond acceptors (Lipinski definition) is 2. The second-order valence-electron chi connectivity index (χ2n) is 19.1. The minimum atomic E-state index is -0.454. The van der Waals surface area contributed by atoms with Crippen LogP contribution in [0.4, 0.5) is 17.1 Å². The molecular formula is C64H42N2S. The number of benzene rings is 10. The molecule has 0 bridgehead atoms. The van der Waals surface area contributed by atoms with Gasteiger partial charge in [-0.1, -0.05) is 172 Å². The maximum atomic E-state index is 2.57. The van der Waals surface area contributed by atoms with Crippen molar-refractivity contribution in [2.75, 3.05) is 4.90 Å². The van der Waals surface area contributed by atoms with Crippen LogP contribution in [0, 0.1) is 0 Å². The number of thiophene rings is 1. The maximum absolute atomic E-state index is 2.57. The van der Waals surface area contributed by atoms with Crippen LogP contribution in [0.25, 0.3) is 81.0 Å². The Labute approximate surface area is 393 Å². The third kappa shape index (κ3) is 4.74. The topological polar surface area (TPSA) is 8.17 Å². The zero-order valence-corrected chi connectivity index (χ0v) is 37.9. The molecule has 15 rings (SSSR count). The lowest BCUT2D eigenvalue weighted by atomic mass is 9.70. The van der Waals surface area contributed by atoms with Gasteiger partial charge in [0.25, 0.3) is 0 Å². The summed E-state index contributed by atoms with van der Waals surface area (Å²) >= 11 is 1.88. The summed E-state index contributed by atoms with van der Waals surface area (Å²) in [4.78, 5) is 2.57. The average Bonchev–Trinajstić information content (AvgIpc) is 4.14. The van der Waals surface area contributed by atoms with Crippen LogP contribution in [0.2, 0.25) is 0 Å². The standard InChI is InChI=1S/C64H42N2S/c1-63(2)50-24-11-6-19-42(50)45-33-31-41(38-55(45)63)65(57-29-16-28-54-60(57)47-22-9-14-27-53(47)64(54)51-25-12-7-20-43(51)44-21-8-13-26-52(44)64)40-32-35-56-49(37-40)46-34-36-59-61(48-23-10-15-30-58(48)67-59)62(46)66(56)39-17-4-3-5-18-39/h3-38H,1-2H3. The van der Waals surface area contributed by atoms with Crippen LogP contribution >= 0.6 is 11.3 Å². The molecule has 67 heavy (non-hydrogen) atoms. The zero-order chi connectivity index (χ0) is 44.2. The average molecular weight is 871 g/mol. The predicted octanol–water partition coefficient (Wildman–Crippen LogP) is 17.3. The molecule has 0 fully saturated rings. The van der Waals surface area contributed by atoms with Crippen LogP contribution in [-0.4, -0.2) is 4.57 Å². The van der Waals surface area contributed by atoms with Gasteiger partial charge in [0.1, 0.15) is 0 Å². The van der Waals surface area contributed by atoms with Crippen LogP contribution < -0.4 is 4.90 Å². The number of nitrogens with zero attached hydrogens (tertiary/aromatic N) is 2. The Bertz CT molecular complexity index is 4040. The molecular weight excluding hydrogens is 829 g/mol. The van der Waals surface area contributed by atoms with Gasteiger partial charge in [-0.25, -0.2) is 0 Å². The number of anilines is 3. The van der Waals surface area contributed by atoms with Gasteiger partial charge in [0.05, 0.1) is 22.1 Å². The van der Waals surface area contributed by atoms with Gasteiger partial charge in [-0.15, -0.1) is 11.3 Å². The number of hydrogen-bond donors (Lipinski definition) is 0. The fourth-order valence-corrected chi connectivity index (χ4v) is 14.0. The Morgan fingerprint density at radius 3 is 1.75 bits per heavy atom. The quantitative estimate of drug-likeness (QED) is 0.171. The van der Waals surface area contributed by atoms with Crippen molar-refractivity contribution in [3.05, 3.63) is 252 Å². The van der Waals surface area contributed by atoms with E-state index in [0.717, 1.165) is 17.1 Å². The molecule has 2 heterocycles. The second-order valence-corrected chi connectivity index (χ2v) is 20.2. The first-order chi connectivity index (χ1) is 33.0. The minimum absolute atomic E-state index is 0.165. The van der Waals surface area contributed by atoms with E-state index < -0.39 is 5.41 Å². The largest absolute Gasteiger partial charge is 0.310 e. The Morgan fingerprint density at radius 2 is 0.985 bits per heavy atom. The first kappa shape index (κ1) is 37.3. The SMILES string of the molecule is CC1(C)c2ccccc2-c2ccc(N(c3ccc4c(c3)c3ccc5sc6ccccc6c5c3n4-c3ccccc3)c3cccc4c3-c3ccccc3C43c4ccccc4-c4ccccc43)cc21. The molecule has 0 saturated heterocycles. The number of rotatable bonds is 4. The van der Waals surface area contributed by atoms with E-state index in [0.29, 0.717) is 0 Å². The molecule has 3 aliphatic rings. The van der Waals surface area contributed by atoms with E-state index in [1.54, 1.807) is 0 Å². The molecule has 0 unspecified atom stereocenters. The highest BCUT2D eigenvalue weighted by atomic mass is 32.1. The maximum Gasteiger partial charge on any atom is 0.0726 e. The Morgan fingerprint density at radius 1 is 0.403 bits per heavy atom. The molecule has 2 nitrogen and oxygen atoms in total. The van der Waals surface area contributed by atoms with E-state index in [4.69, 9.17) is 0 Å². The van der Waals surface area contributed by atoms with E-state index in [2.05, 4.69) is 242 Å². The highest BCUT2D eigenvalue weighted by Crippen LogP contribution is 2.65. The van der Waals surface area contributed by atoms with Crippen molar-refractivity contribution in [3.8, 4) is 39.1 Å². The molecule has 314 valence electrons. The van der Waals surface area contributed by atoms with Gasteiger partial charge in [-0.05, 0) is 122 Å². The van der Waals surface area contributed by atoms with Gasteiger partial charge >= 0.3 is 0 Å². The molecule has 0 radical (unpaired) electrons. The lowest BCUT2D eigenvalue weighted by molar-refractivity contribution is 0.660. The molecule has 1 spiro atoms. The molecule has 2 aromatic heterocycles. The smallest absolute Gasteiger partial charge is 0.0726 e. The van der Waals surface area contributed by atoms with Gasteiger partial charge in [-0.3, -0.25) is 0 Å². The number of fused-ring (bicyclic) bond motifs is 20. The number of aromatic nitrogens is 1. The normalized spacial score (nSPS) is 14.4. The third-order valence-corrected chi connectivity index (χ3v) is 16.7. The molecule has 0 amide bonds. The molecule has 0 saturated carbocycles. The summed E-state index contributed by atoms with van der Waals surface area (Å²) in [6.07, 6.45) is 0. The summed E-state index contributed by atoms with van der Waals surface area (Å²) in [5, 5.41) is 5.11. The van der Waals surface area contributed by atoms with E-state index in [1.165, 1.54) is 114 Å². The van der Waals surface area contributed by atoms with Gasteiger partial charge in [0.15, 0.2) is 0 Å². The van der Waals surface area contributed by atoms with Crippen LogP contribution in [0.3, 0.4) is 0 Å². The summed E-state index contributed by atoms with van der Waals surface area (Å²) < 4.78 is 5.12. The molecule has 10 aromatic carbocycles. The summed E-state index contributed by atoms with van der Waals surface area (Å²) in [5.41, 5.74) is 22.4. The van der Waals surface area contributed by atoms with E-state index in [9.17, 15) is 0 Å². The first-order valence-corrected chi connectivity index (χ1v) is 24.2. The highest BCUT2D eigenvalue weighted by Gasteiger charge is 2.52. The van der Waals surface area contributed by atoms with E-state index in [1.807, 2.05) is 11.3 Å². The monoisotopic (exact) mass is 870 g/mol. The van der Waals surface area contributed by atoms with Crippen molar-refractivity contribution in [3.63, 3.8) is 0 Å². The second kappa shape index (κ2) is 13.3. The van der Waals surface area contributed by atoms with Crippen molar-refractivity contribution in [1.82, 2.24) is 4.57 Å². The fraction of sp³-hybridized carbons (Fsp3) is 0.0625. The zero-order valence-electron chi connectivity index (χ0n) is 37.1. The molecule has 0 atom stereocenters. The van der Waals surface area contributed by atoms with Crippen molar-refractivity contribution in [2.24, 2.45) is 0 Å². The predicted molar refractivity (Wildman–Crippen MR) is 282 cm³/mol. The Hall–Kier alpha value is -7.98. The summed E-state index contributed by atoms with van der Waals surface area (Å²) in [6.45, 7) is 4.78. The van der Waals surface area contributed by atoms with E-state index in [-0.39, 0.29) is 5.41 Å². The lowest BCUT2D eigenvalue weighted by Gasteiger charge is -2.32. The van der Waals surface area contributed by atoms with E-state index >= 15 is 0 Å². The number of para-hydroxylation sites is 1. The van der Waals surface area contributed by atoms with Gasteiger partial charge in [0.2, 0.25) is 0 Å².